The van der Waals surface area contributed by atoms with Crippen LogP contribution in [0, 0.1) is 0 Å². The van der Waals surface area contributed by atoms with Crippen LogP contribution in [0.15, 0.2) is 12.3 Å². The van der Waals surface area contributed by atoms with Crippen molar-refractivity contribution in [3.05, 3.63) is 29.1 Å². The molecule has 0 aliphatic carbocycles. The zero-order chi connectivity index (χ0) is 11.6. The van der Waals surface area contributed by atoms with Gasteiger partial charge in [-0.25, -0.2) is 8.78 Å². The molecule has 1 aromatic heterocycles. The number of hydrogen-bond donors (Lipinski definition) is 1. The van der Waals surface area contributed by atoms with Gasteiger partial charge in [0.05, 0.1) is 6.61 Å². The molecule has 0 aliphatic rings. The van der Waals surface area contributed by atoms with Gasteiger partial charge in [-0.1, -0.05) is 0 Å². The van der Waals surface area contributed by atoms with E-state index in [0.717, 1.165) is 0 Å². The zero-order valence-corrected chi connectivity index (χ0v) is 7.22. The third-order valence-corrected chi connectivity index (χ3v) is 1.72. The molecular weight excluding hydrogens is 221 g/mol. The van der Waals surface area contributed by atoms with Gasteiger partial charge in [0.25, 0.3) is 6.43 Å². The second-order valence-electron chi connectivity index (χ2n) is 2.72. The fraction of sp³-hybridized carbons (Fsp3) is 0.375. The molecule has 7 heteroatoms. The Labute approximate surface area is 81.4 Å². The number of nitrogens with zero attached hydrogens (tertiary/aromatic N) is 1. The maximum atomic E-state index is 12.3. The van der Waals surface area contributed by atoms with Crippen LogP contribution in [0.25, 0.3) is 0 Å². The highest BCUT2D eigenvalue weighted by atomic mass is 19.4. The Balaban J connectivity index is 3.22. The summed E-state index contributed by atoms with van der Waals surface area (Å²) in [6.07, 6.45) is -7.24. The van der Waals surface area contributed by atoms with E-state index in [9.17, 15) is 22.0 Å². The first kappa shape index (κ1) is 11.8. The van der Waals surface area contributed by atoms with Gasteiger partial charge >= 0.3 is 6.18 Å². The number of aromatic nitrogens is 1. The van der Waals surface area contributed by atoms with Crippen LogP contribution in [-0.2, 0) is 12.8 Å². The minimum Gasteiger partial charge on any atom is -0.392 e. The van der Waals surface area contributed by atoms with Crippen molar-refractivity contribution >= 4 is 0 Å². The van der Waals surface area contributed by atoms with E-state index in [1.54, 1.807) is 0 Å². The Morgan fingerprint density at radius 2 is 1.93 bits per heavy atom. The monoisotopic (exact) mass is 227 g/mol. The van der Waals surface area contributed by atoms with Gasteiger partial charge in [0.1, 0.15) is 5.69 Å². The Bertz CT molecular complexity index is 349. The van der Waals surface area contributed by atoms with E-state index < -0.39 is 30.5 Å². The summed E-state index contributed by atoms with van der Waals surface area (Å²) in [6.45, 7) is -0.773. The van der Waals surface area contributed by atoms with Crippen molar-refractivity contribution in [1.82, 2.24) is 4.98 Å². The quantitative estimate of drug-likeness (QED) is 0.787. The Morgan fingerprint density at radius 1 is 1.33 bits per heavy atom. The zero-order valence-electron chi connectivity index (χ0n) is 7.22. The smallest absolute Gasteiger partial charge is 0.392 e. The van der Waals surface area contributed by atoms with Crippen LogP contribution in [0.3, 0.4) is 0 Å². The first-order chi connectivity index (χ1) is 6.86. The number of halogens is 5. The minimum absolute atomic E-state index is 0.246. The topological polar surface area (TPSA) is 33.1 Å². The van der Waals surface area contributed by atoms with Gasteiger partial charge < -0.3 is 5.11 Å². The molecule has 0 bridgehead atoms. The highest BCUT2D eigenvalue weighted by Crippen LogP contribution is 2.31. The molecule has 0 fully saturated rings. The summed E-state index contributed by atoms with van der Waals surface area (Å²) in [5.74, 6) is 0. The summed E-state index contributed by atoms with van der Waals surface area (Å²) in [5.41, 5.74) is -2.55. The van der Waals surface area contributed by atoms with Crippen molar-refractivity contribution in [2.24, 2.45) is 0 Å². The second-order valence-corrected chi connectivity index (χ2v) is 2.72. The van der Waals surface area contributed by atoms with Crippen molar-refractivity contribution < 1.29 is 27.1 Å². The van der Waals surface area contributed by atoms with Crippen LogP contribution in [-0.4, -0.2) is 10.1 Å². The van der Waals surface area contributed by atoms with Crippen molar-refractivity contribution in [2.75, 3.05) is 0 Å². The number of alkyl halides is 5. The van der Waals surface area contributed by atoms with Crippen LogP contribution in [0.1, 0.15) is 23.2 Å². The Kier molecular flexibility index (Phi) is 3.23. The fourth-order valence-electron chi connectivity index (χ4n) is 0.990. The molecule has 0 spiro atoms. The number of pyridine rings is 1. The van der Waals surface area contributed by atoms with Crippen molar-refractivity contribution in [2.45, 2.75) is 19.2 Å². The van der Waals surface area contributed by atoms with Crippen molar-refractivity contribution in [3.8, 4) is 0 Å². The lowest BCUT2D eigenvalue weighted by Gasteiger charge is -2.10. The lowest BCUT2D eigenvalue weighted by Crippen LogP contribution is -2.10. The van der Waals surface area contributed by atoms with Gasteiger partial charge in [-0.15, -0.1) is 0 Å². The average Bonchev–Trinajstić information content (AvgIpc) is 2.15. The van der Waals surface area contributed by atoms with E-state index in [0.29, 0.717) is 6.20 Å². The number of rotatable bonds is 2. The molecule has 84 valence electrons. The molecule has 0 saturated carbocycles. The van der Waals surface area contributed by atoms with Gasteiger partial charge in [-0.2, -0.15) is 13.2 Å². The van der Waals surface area contributed by atoms with E-state index in [-0.39, 0.29) is 11.6 Å². The van der Waals surface area contributed by atoms with Crippen LogP contribution < -0.4 is 0 Å². The van der Waals surface area contributed by atoms with E-state index in [2.05, 4.69) is 4.98 Å². The largest absolute Gasteiger partial charge is 0.433 e. The molecule has 0 unspecified atom stereocenters. The maximum Gasteiger partial charge on any atom is 0.433 e. The summed E-state index contributed by atoms with van der Waals surface area (Å²) < 4.78 is 60.8. The summed E-state index contributed by atoms with van der Waals surface area (Å²) in [7, 11) is 0. The maximum absolute atomic E-state index is 12.3. The van der Waals surface area contributed by atoms with Crippen LogP contribution in [0.4, 0.5) is 22.0 Å². The Hall–Kier alpha value is -1.24. The molecule has 0 aromatic carbocycles. The minimum atomic E-state index is -4.77. The third kappa shape index (κ3) is 2.62. The molecule has 15 heavy (non-hydrogen) atoms. The van der Waals surface area contributed by atoms with E-state index in [1.165, 1.54) is 0 Å². The molecule has 1 heterocycles. The molecule has 0 saturated heterocycles. The number of hydrogen-bond acceptors (Lipinski definition) is 2. The number of aliphatic hydroxyl groups excluding tert-OH is 1. The molecule has 2 nitrogen and oxygen atoms in total. The third-order valence-electron chi connectivity index (χ3n) is 1.72. The van der Waals surface area contributed by atoms with Crippen LogP contribution in [0.5, 0.6) is 0 Å². The molecular formula is C8H6F5NO. The predicted octanol–water partition coefficient (Wildman–Crippen LogP) is 2.53. The highest BCUT2D eigenvalue weighted by Gasteiger charge is 2.33. The lowest BCUT2D eigenvalue weighted by atomic mass is 10.1. The van der Waals surface area contributed by atoms with Crippen molar-refractivity contribution in [1.29, 1.82) is 0 Å². The SMILES string of the molecule is OCc1cnc(C(F)(F)F)cc1C(F)F. The standard InChI is InChI=1S/C8H6F5NO/c9-7(10)5-1-6(8(11,12)13)14-2-4(5)3-15/h1-2,7,15H,3H2. The summed E-state index contributed by atoms with van der Waals surface area (Å²) >= 11 is 0. The first-order valence-corrected chi connectivity index (χ1v) is 3.81. The van der Waals surface area contributed by atoms with E-state index >= 15 is 0 Å². The molecule has 0 aliphatic heterocycles. The molecule has 0 amide bonds. The predicted molar refractivity (Wildman–Crippen MR) is 40.1 cm³/mol. The van der Waals surface area contributed by atoms with E-state index in [4.69, 9.17) is 5.11 Å². The normalized spacial score (nSPS) is 12.2. The van der Waals surface area contributed by atoms with Crippen molar-refractivity contribution in [3.63, 3.8) is 0 Å². The van der Waals surface area contributed by atoms with E-state index in [1.807, 2.05) is 0 Å². The van der Waals surface area contributed by atoms with Crippen LogP contribution >= 0.6 is 0 Å². The summed E-state index contributed by atoms with van der Waals surface area (Å²) in [6, 6.07) is 0.246. The van der Waals surface area contributed by atoms with Gasteiger partial charge in [-0.05, 0) is 6.07 Å². The van der Waals surface area contributed by atoms with Gasteiger partial charge in [-0.3, -0.25) is 4.98 Å². The first-order valence-electron chi connectivity index (χ1n) is 3.81. The van der Waals surface area contributed by atoms with Gasteiger partial charge in [0.15, 0.2) is 0 Å². The average molecular weight is 227 g/mol. The molecule has 0 radical (unpaired) electrons. The summed E-state index contributed by atoms with van der Waals surface area (Å²) in [4.78, 5) is 2.95. The van der Waals surface area contributed by atoms with Gasteiger partial charge in [0, 0.05) is 17.3 Å². The second kappa shape index (κ2) is 4.09. The molecule has 0 atom stereocenters. The highest BCUT2D eigenvalue weighted by molar-refractivity contribution is 5.28. The fourth-order valence-corrected chi connectivity index (χ4v) is 0.990. The number of aliphatic hydroxyl groups is 1. The van der Waals surface area contributed by atoms with Crippen LogP contribution in [0.2, 0.25) is 0 Å². The summed E-state index contributed by atoms with van der Waals surface area (Å²) in [5, 5.41) is 8.61. The molecule has 1 aromatic rings. The molecule has 1 N–H and O–H groups in total. The van der Waals surface area contributed by atoms with Gasteiger partial charge in [0.2, 0.25) is 0 Å². The molecule has 1 rings (SSSR count). The lowest BCUT2D eigenvalue weighted by molar-refractivity contribution is -0.141. The Morgan fingerprint density at radius 3 is 2.33 bits per heavy atom.